The highest BCUT2D eigenvalue weighted by molar-refractivity contribution is 9.10. The van der Waals surface area contributed by atoms with Crippen LogP contribution in [0.2, 0.25) is 5.02 Å². The van der Waals surface area contributed by atoms with Gasteiger partial charge < -0.3 is 15.4 Å². The summed E-state index contributed by atoms with van der Waals surface area (Å²) in [4.78, 5) is 0. The van der Waals surface area contributed by atoms with Crippen molar-refractivity contribution in [2.24, 2.45) is 0 Å². The van der Waals surface area contributed by atoms with Gasteiger partial charge in [-0.2, -0.15) is 5.10 Å². The summed E-state index contributed by atoms with van der Waals surface area (Å²) < 4.78 is 7.98. The number of nitrogens with zero attached hydrogens (tertiary/aromatic N) is 2. The number of thiocarbonyl (C=S) groups is 1. The van der Waals surface area contributed by atoms with Crippen LogP contribution >= 0.6 is 39.7 Å². The van der Waals surface area contributed by atoms with Gasteiger partial charge in [0.2, 0.25) is 0 Å². The predicted molar refractivity (Wildman–Crippen MR) is 118 cm³/mol. The van der Waals surface area contributed by atoms with Crippen molar-refractivity contribution in [2.45, 2.75) is 13.5 Å². The zero-order chi connectivity index (χ0) is 19.4. The van der Waals surface area contributed by atoms with Crippen LogP contribution in [0.1, 0.15) is 11.1 Å². The molecule has 140 valence electrons. The molecular formula is C19H18BrClN4OS. The molecule has 0 unspecified atom stereocenters. The topological polar surface area (TPSA) is 51.1 Å². The molecule has 0 aliphatic carbocycles. The average Bonchev–Trinajstić information content (AvgIpc) is 2.96. The number of methoxy groups -OCH3 is 1. The quantitative estimate of drug-likeness (QED) is 0.489. The Balaban J connectivity index is 1.69. The summed E-state index contributed by atoms with van der Waals surface area (Å²) in [5.74, 6) is 1.27. The standard InChI is InChI=1S/C19H18BrClN4OS/c1-12-3-5-13(6-4-12)10-25-11-15(20)18(24-25)23-19(27)22-16-9-14(21)7-8-17(16)26-2/h3-9,11H,10H2,1-2H3,(H2,22,23,24,27). The van der Waals surface area contributed by atoms with Crippen LogP contribution in [0.3, 0.4) is 0 Å². The second-order valence-corrected chi connectivity index (χ2v) is 7.63. The maximum Gasteiger partial charge on any atom is 0.176 e. The summed E-state index contributed by atoms with van der Waals surface area (Å²) in [5.41, 5.74) is 3.08. The van der Waals surface area contributed by atoms with E-state index in [1.165, 1.54) is 11.1 Å². The number of hydrogen-bond donors (Lipinski definition) is 2. The molecule has 3 rings (SSSR count). The molecule has 5 nitrogen and oxygen atoms in total. The van der Waals surface area contributed by atoms with E-state index >= 15 is 0 Å². The molecular weight excluding hydrogens is 448 g/mol. The Labute approximate surface area is 176 Å². The number of halogens is 2. The Hall–Kier alpha value is -2.09. The first-order valence-electron chi connectivity index (χ1n) is 8.14. The van der Waals surface area contributed by atoms with Crippen LogP contribution in [-0.4, -0.2) is 22.0 Å². The lowest BCUT2D eigenvalue weighted by Gasteiger charge is -2.13. The van der Waals surface area contributed by atoms with Gasteiger partial charge in [-0.1, -0.05) is 41.4 Å². The molecule has 0 amide bonds. The smallest absolute Gasteiger partial charge is 0.176 e. The van der Waals surface area contributed by atoms with Gasteiger partial charge in [-0.3, -0.25) is 4.68 Å². The molecule has 1 aromatic heterocycles. The molecule has 0 bridgehead atoms. The van der Waals surface area contributed by atoms with Crippen LogP contribution in [-0.2, 0) is 6.54 Å². The van der Waals surface area contributed by atoms with Crippen LogP contribution in [0.25, 0.3) is 0 Å². The second-order valence-electron chi connectivity index (χ2n) is 5.93. The van der Waals surface area contributed by atoms with Crippen molar-refractivity contribution in [1.82, 2.24) is 9.78 Å². The molecule has 0 aliphatic heterocycles. The maximum absolute atomic E-state index is 6.05. The van der Waals surface area contributed by atoms with E-state index < -0.39 is 0 Å². The van der Waals surface area contributed by atoms with Crippen molar-refractivity contribution >= 4 is 56.4 Å². The summed E-state index contributed by atoms with van der Waals surface area (Å²) in [7, 11) is 1.59. The maximum atomic E-state index is 6.05. The Kier molecular flexibility index (Phi) is 6.36. The Bertz CT molecular complexity index is 959. The molecule has 2 N–H and O–H groups in total. The van der Waals surface area contributed by atoms with Crippen molar-refractivity contribution < 1.29 is 4.74 Å². The fourth-order valence-corrected chi connectivity index (χ4v) is 3.28. The summed E-state index contributed by atoms with van der Waals surface area (Å²) in [6, 6.07) is 13.6. The van der Waals surface area contributed by atoms with Gasteiger partial charge in [0.1, 0.15) is 5.75 Å². The van der Waals surface area contributed by atoms with E-state index in [0.717, 1.165) is 4.47 Å². The van der Waals surface area contributed by atoms with E-state index in [9.17, 15) is 0 Å². The number of rotatable bonds is 5. The van der Waals surface area contributed by atoms with E-state index in [1.807, 2.05) is 10.9 Å². The number of anilines is 2. The second kappa shape index (κ2) is 8.73. The molecule has 2 aromatic carbocycles. The monoisotopic (exact) mass is 464 g/mol. The van der Waals surface area contributed by atoms with Crippen LogP contribution in [0.15, 0.2) is 53.1 Å². The lowest BCUT2D eigenvalue weighted by molar-refractivity contribution is 0.417. The number of aromatic nitrogens is 2. The summed E-state index contributed by atoms with van der Waals surface area (Å²) >= 11 is 15.0. The minimum absolute atomic E-state index is 0.386. The molecule has 8 heteroatoms. The number of benzene rings is 2. The van der Waals surface area contributed by atoms with Gasteiger partial charge in [-0.25, -0.2) is 0 Å². The number of aryl methyl sites for hydroxylation is 1. The number of hydrogen-bond acceptors (Lipinski definition) is 3. The zero-order valence-electron chi connectivity index (χ0n) is 14.8. The Morgan fingerprint density at radius 1 is 1.22 bits per heavy atom. The van der Waals surface area contributed by atoms with E-state index in [1.54, 1.807) is 25.3 Å². The van der Waals surface area contributed by atoms with Crippen molar-refractivity contribution in [3.63, 3.8) is 0 Å². The van der Waals surface area contributed by atoms with Crippen molar-refractivity contribution in [3.05, 3.63) is 69.3 Å². The normalized spacial score (nSPS) is 10.5. The molecule has 0 radical (unpaired) electrons. The van der Waals surface area contributed by atoms with Crippen LogP contribution < -0.4 is 15.4 Å². The highest BCUT2D eigenvalue weighted by Crippen LogP contribution is 2.28. The minimum Gasteiger partial charge on any atom is -0.495 e. The zero-order valence-corrected chi connectivity index (χ0v) is 18.0. The van der Waals surface area contributed by atoms with E-state index in [0.29, 0.717) is 33.9 Å². The first-order valence-corrected chi connectivity index (χ1v) is 9.72. The largest absolute Gasteiger partial charge is 0.495 e. The van der Waals surface area contributed by atoms with Crippen LogP contribution in [0.5, 0.6) is 5.75 Å². The molecule has 0 fully saturated rings. The Morgan fingerprint density at radius 2 is 1.96 bits per heavy atom. The van der Waals surface area contributed by atoms with E-state index in [2.05, 4.69) is 62.9 Å². The first-order chi connectivity index (χ1) is 12.9. The molecule has 0 atom stereocenters. The summed E-state index contributed by atoms with van der Waals surface area (Å²) in [6.45, 7) is 2.74. The third-order valence-corrected chi connectivity index (χ3v) is 4.84. The van der Waals surface area contributed by atoms with Crippen molar-refractivity contribution in [3.8, 4) is 5.75 Å². The fourth-order valence-electron chi connectivity index (χ4n) is 2.48. The van der Waals surface area contributed by atoms with Crippen LogP contribution in [0.4, 0.5) is 11.5 Å². The summed E-state index contributed by atoms with van der Waals surface area (Å²) in [6.07, 6.45) is 1.91. The SMILES string of the molecule is COc1ccc(Cl)cc1NC(=S)Nc1nn(Cc2ccc(C)cc2)cc1Br. The molecule has 1 heterocycles. The molecule has 27 heavy (non-hydrogen) atoms. The Morgan fingerprint density at radius 3 is 2.67 bits per heavy atom. The van der Waals surface area contributed by atoms with Gasteiger partial charge in [-0.15, -0.1) is 0 Å². The molecule has 0 saturated heterocycles. The lowest BCUT2D eigenvalue weighted by Crippen LogP contribution is -2.20. The highest BCUT2D eigenvalue weighted by Gasteiger charge is 2.11. The average molecular weight is 466 g/mol. The first kappa shape index (κ1) is 19.7. The van der Waals surface area contributed by atoms with Gasteiger partial charge in [-0.05, 0) is 58.8 Å². The minimum atomic E-state index is 0.386. The van der Waals surface area contributed by atoms with Gasteiger partial charge >= 0.3 is 0 Å². The van der Waals surface area contributed by atoms with Gasteiger partial charge in [0.15, 0.2) is 10.9 Å². The third-order valence-electron chi connectivity index (χ3n) is 3.82. The molecule has 3 aromatic rings. The van der Waals surface area contributed by atoms with Gasteiger partial charge in [0.25, 0.3) is 0 Å². The molecule has 0 spiro atoms. The molecule has 0 saturated carbocycles. The summed E-state index contributed by atoms with van der Waals surface area (Å²) in [5, 5.41) is 11.7. The highest BCUT2D eigenvalue weighted by atomic mass is 79.9. The van der Waals surface area contributed by atoms with E-state index in [4.69, 9.17) is 28.6 Å². The third kappa shape index (κ3) is 5.22. The fraction of sp³-hybridized carbons (Fsp3) is 0.158. The van der Waals surface area contributed by atoms with Crippen molar-refractivity contribution in [1.29, 1.82) is 0 Å². The number of ether oxygens (including phenoxy) is 1. The van der Waals surface area contributed by atoms with Crippen molar-refractivity contribution in [2.75, 3.05) is 17.7 Å². The van der Waals surface area contributed by atoms with Gasteiger partial charge in [0.05, 0.1) is 23.8 Å². The predicted octanol–water partition coefficient (Wildman–Crippen LogP) is 5.47. The van der Waals surface area contributed by atoms with Crippen LogP contribution in [0, 0.1) is 6.92 Å². The lowest BCUT2D eigenvalue weighted by atomic mass is 10.1. The molecule has 0 aliphatic rings. The van der Waals surface area contributed by atoms with Gasteiger partial charge in [0, 0.05) is 11.2 Å². The van der Waals surface area contributed by atoms with E-state index in [-0.39, 0.29) is 0 Å². The number of nitrogens with one attached hydrogen (secondary N) is 2.